The summed E-state index contributed by atoms with van der Waals surface area (Å²) in [6.45, 7) is 1.71. The van der Waals surface area contributed by atoms with E-state index in [1.54, 1.807) is 12.4 Å². The monoisotopic (exact) mass is 901 g/mol. The number of aromatic nitrogens is 5. The van der Waals surface area contributed by atoms with Crippen molar-refractivity contribution in [3.8, 4) is 34.2 Å². The van der Waals surface area contributed by atoms with Crippen molar-refractivity contribution in [3.05, 3.63) is 195 Å². The Kier molecular flexibility index (Phi) is 9.42. The zero-order valence-electron chi connectivity index (χ0n) is 30.3. The number of anilines is 1. The van der Waals surface area contributed by atoms with Crippen LogP contribution in [0.4, 0.5) is 5.69 Å². The first-order valence-corrected chi connectivity index (χ1v) is 18.3. The van der Waals surface area contributed by atoms with Crippen LogP contribution in [0, 0.1) is 18.8 Å². The van der Waals surface area contributed by atoms with Crippen LogP contribution in [0.5, 0.6) is 0 Å². The van der Waals surface area contributed by atoms with Crippen LogP contribution in [0.25, 0.3) is 56.0 Å². The summed E-state index contributed by atoms with van der Waals surface area (Å²) in [5, 5.41) is 7.69. The molecule has 10 rings (SSSR count). The van der Waals surface area contributed by atoms with Crippen LogP contribution in [0.2, 0.25) is 0 Å². The van der Waals surface area contributed by atoms with Crippen LogP contribution in [0.1, 0.15) is 0 Å². The fourth-order valence-corrected chi connectivity index (χ4v) is 7.70. The van der Waals surface area contributed by atoms with Crippen molar-refractivity contribution < 1.29 is 21.1 Å². The molecule has 0 saturated heterocycles. The maximum atomic E-state index is 5.50. The quantitative estimate of drug-likeness (QED) is 0.117. The molecule has 1 aliphatic rings. The molecule has 4 heterocycles. The van der Waals surface area contributed by atoms with E-state index in [0.29, 0.717) is 5.95 Å². The maximum absolute atomic E-state index is 5.50. The minimum Gasteiger partial charge on any atom is -0.510 e. The molecule has 9 aromatic rings. The number of hydrogen-bond acceptors (Lipinski definition) is 5. The van der Waals surface area contributed by atoms with Gasteiger partial charge in [0, 0.05) is 44.5 Å². The van der Waals surface area contributed by atoms with E-state index in [0.717, 1.165) is 72.1 Å². The summed E-state index contributed by atoms with van der Waals surface area (Å²) in [6.07, 6.45) is 7.66. The van der Waals surface area contributed by atoms with Gasteiger partial charge >= 0.3 is 0 Å². The zero-order valence-corrected chi connectivity index (χ0v) is 32.6. The summed E-state index contributed by atoms with van der Waals surface area (Å²) in [4.78, 5) is 13.6. The first kappa shape index (κ1) is 35.2. The van der Waals surface area contributed by atoms with Crippen molar-refractivity contribution in [2.75, 3.05) is 11.9 Å². The molecule has 0 radical (unpaired) electrons. The third kappa shape index (κ3) is 6.22. The van der Waals surface area contributed by atoms with Gasteiger partial charge in [-0.15, -0.1) is 11.1 Å². The average molecular weight is 902 g/mol. The number of para-hydroxylation sites is 2. The summed E-state index contributed by atoms with van der Waals surface area (Å²) in [5.41, 5.74) is 10.8. The molecular weight excluding hydrogens is 868 g/mol. The van der Waals surface area contributed by atoms with Crippen LogP contribution in [-0.2, 0) is 21.1 Å². The Labute approximate surface area is 340 Å². The Morgan fingerprint density at radius 1 is 0.607 bits per heavy atom. The van der Waals surface area contributed by atoms with E-state index in [2.05, 4.69) is 173 Å². The van der Waals surface area contributed by atoms with Gasteiger partial charge in [0.2, 0.25) is 5.95 Å². The molecule has 0 unspecified atom stereocenters. The molecule has 0 bridgehead atoms. The van der Waals surface area contributed by atoms with E-state index < -0.39 is 0 Å². The summed E-state index contributed by atoms with van der Waals surface area (Å²) >= 11 is 0. The molecule has 0 saturated carbocycles. The van der Waals surface area contributed by atoms with Crippen molar-refractivity contribution in [2.45, 2.75) is 0 Å². The number of rotatable bonds is 8. The van der Waals surface area contributed by atoms with Crippen molar-refractivity contribution in [1.29, 1.82) is 0 Å². The van der Waals surface area contributed by atoms with Gasteiger partial charge < -0.3 is 14.4 Å². The number of hydrogen-bond donors (Lipinski definition) is 0. The van der Waals surface area contributed by atoms with Gasteiger partial charge in [0.25, 0.3) is 0 Å². The summed E-state index contributed by atoms with van der Waals surface area (Å²) in [7, 11) is 2.03. The molecule has 0 aliphatic carbocycles. The van der Waals surface area contributed by atoms with E-state index in [4.69, 9.17) is 15.1 Å². The first-order chi connectivity index (χ1) is 27.2. The second-order valence-electron chi connectivity index (χ2n) is 13.6. The second-order valence-corrected chi connectivity index (χ2v) is 13.6. The van der Waals surface area contributed by atoms with Gasteiger partial charge in [0.1, 0.15) is 0 Å². The van der Waals surface area contributed by atoms with Crippen LogP contribution in [0.15, 0.2) is 176 Å². The summed E-state index contributed by atoms with van der Waals surface area (Å²) in [5.74, 6) is 0.597. The predicted molar refractivity (Wildman–Crippen MR) is 223 cm³/mol. The number of fused-ring (bicyclic) bond motifs is 3. The Bertz CT molecular complexity index is 2820. The molecule has 0 N–H and O–H groups in total. The SMILES string of the molecule is CN1C=CN(c2[c-]c(B(c3[c-]c4c(cc3)c3ccccc3n4-c3ncccn3)c3c(-c4ccccc4)nn(-c4ccccc4)c3-c3ccccc3)ccc2)[CH-]1.[Pt]. The largest absolute Gasteiger partial charge is 0.510 e. The van der Waals surface area contributed by atoms with Crippen LogP contribution in [0.3, 0.4) is 0 Å². The summed E-state index contributed by atoms with van der Waals surface area (Å²) < 4.78 is 4.22. The molecule has 272 valence electrons. The minimum atomic E-state index is -0.348. The van der Waals surface area contributed by atoms with Gasteiger partial charge in [-0.05, 0) is 60.1 Å². The van der Waals surface area contributed by atoms with E-state index in [-0.39, 0.29) is 27.8 Å². The van der Waals surface area contributed by atoms with Gasteiger partial charge in [0.05, 0.1) is 17.1 Å². The van der Waals surface area contributed by atoms with Gasteiger partial charge in [0.15, 0.2) is 6.71 Å². The Balaban J connectivity index is 0.00000410. The van der Waals surface area contributed by atoms with Gasteiger partial charge in [-0.25, -0.2) is 14.6 Å². The summed E-state index contributed by atoms with van der Waals surface area (Å²) in [6, 6.07) is 60.4. The molecular formula is C47H33BN7Pt-3. The molecule has 0 spiro atoms. The topological polar surface area (TPSA) is 55.0 Å². The van der Waals surface area contributed by atoms with Crippen LogP contribution in [-0.4, -0.2) is 43.0 Å². The molecule has 7 nitrogen and oxygen atoms in total. The van der Waals surface area contributed by atoms with Crippen LogP contribution >= 0.6 is 0 Å². The fourth-order valence-electron chi connectivity index (χ4n) is 7.70. The molecule has 9 heteroatoms. The number of nitrogens with zero attached hydrogens (tertiary/aromatic N) is 7. The van der Waals surface area contributed by atoms with E-state index >= 15 is 0 Å². The van der Waals surface area contributed by atoms with Crippen molar-refractivity contribution in [3.63, 3.8) is 0 Å². The molecule has 0 fully saturated rings. The second kappa shape index (κ2) is 15.0. The molecule has 56 heavy (non-hydrogen) atoms. The molecule has 3 aromatic heterocycles. The number of benzene rings is 6. The third-order valence-electron chi connectivity index (χ3n) is 10.1. The van der Waals surface area contributed by atoms with E-state index in [9.17, 15) is 0 Å². The Morgan fingerprint density at radius 3 is 2.02 bits per heavy atom. The molecule has 1 aliphatic heterocycles. The normalized spacial score (nSPS) is 12.4. The van der Waals surface area contributed by atoms with Crippen molar-refractivity contribution in [2.24, 2.45) is 0 Å². The first-order valence-electron chi connectivity index (χ1n) is 18.3. The zero-order chi connectivity index (χ0) is 36.7. The fraction of sp³-hybridized carbons (Fsp3) is 0.0213. The Morgan fingerprint density at radius 2 is 1.29 bits per heavy atom. The van der Waals surface area contributed by atoms with Gasteiger partial charge in [-0.3, -0.25) is 0 Å². The van der Waals surface area contributed by atoms with Gasteiger partial charge in [-0.2, -0.15) is 65.2 Å². The Hall–Kier alpha value is -6.50. The maximum Gasteiger partial charge on any atom is 0.232 e. The average Bonchev–Trinajstić information content (AvgIpc) is 3.96. The molecule has 6 aromatic carbocycles. The van der Waals surface area contributed by atoms with Gasteiger partial charge in [-0.1, -0.05) is 103 Å². The van der Waals surface area contributed by atoms with Crippen molar-refractivity contribution >= 4 is 50.6 Å². The molecule has 0 atom stereocenters. The minimum absolute atomic E-state index is 0. The van der Waals surface area contributed by atoms with Crippen molar-refractivity contribution in [1.82, 2.24) is 29.2 Å². The third-order valence-corrected chi connectivity index (χ3v) is 10.1. The predicted octanol–water partition coefficient (Wildman–Crippen LogP) is 7.55. The molecule has 0 amide bonds. The van der Waals surface area contributed by atoms with E-state index in [1.165, 1.54) is 0 Å². The standard InChI is InChI=1S/C47H33BN7.Pt/c1-52-29-30-53(33-52)39-22-13-19-36(31-39)48(37-25-26-41-40-23-11-12-24-42(40)54(43(41)32-37)47-49-27-14-28-50-47)44-45(34-15-5-2-6-16-34)51-55(38-20-9-4-10-21-38)46(44)35-17-7-3-8-18-35;/h2-30,33H,1H3;/q-3;. The van der Waals surface area contributed by atoms with Crippen LogP contribution < -0.4 is 21.3 Å². The van der Waals surface area contributed by atoms with E-state index in [1.807, 2.05) is 36.3 Å². The smallest absolute Gasteiger partial charge is 0.232 e.